The summed E-state index contributed by atoms with van der Waals surface area (Å²) in [6.07, 6.45) is 0.458. The molecule has 2 heterocycles. The molecular weight excluding hydrogens is 324 g/mol. The van der Waals surface area contributed by atoms with E-state index in [1.54, 1.807) is 12.1 Å². The highest BCUT2D eigenvalue weighted by atomic mass is 16.5. The van der Waals surface area contributed by atoms with Crippen LogP contribution < -0.4 is 9.47 Å². The molecule has 4 N–H and O–H groups in total. The predicted molar refractivity (Wildman–Crippen MR) is 89.9 cm³/mol. The summed E-state index contributed by atoms with van der Waals surface area (Å²) in [7, 11) is 0. The summed E-state index contributed by atoms with van der Waals surface area (Å²) in [6.45, 7) is 2.09. The summed E-state index contributed by atoms with van der Waals surface area (Å²) in [5.74, 6) is 0.809. The molecule has 0 aliphatic carbocycles. The van der Waals surface area contributed by atoms with Crippen LogP contribution >= 0.6 is 0 Å². The van der Waals surface area contributed by atoms with E-state index in [0.29, 0.717) is 45.9 Å². The molecule has 4 rings (SSSR count). The van der Waals surface area contributed by atoms with Crippen LogP contribution in [-0.4, -0.2) is 27.0 Å². The van der Waals surface area contributed by atoms with Gasteiger partial charge in [0.25, 0.3) is 0 Å². The SMILES string of the molecule is CCCc1c(O)ccc2c1OC1=C(c3cc(O)c(O)cc3OC1)C2O. The first-order valence-corrected chi connectivity index (χ1v) is 8.14. The highest BCUT2D eigenvalue weighted by Gasteiger charge is 2.36. The number of rotatable bonds is 2. The normalized spacial score (nSPS) is 17.9. The number of phenolic OH excluding ortho intramolecular Hbond substituents is 3. The van der Waals surface area contributed by atoms with Crippen molar-refractivity contribution >= 4 is 5.57 Å². The number of hydrogen-bond donors (Lipinski definition) is 4. The molecule has 0 radical (unpaired) electrons. The average molecular weight is 342 g/mol. The van der Waals surface area contributed by atoms with Crippen molar-refractivity contribution in [2.75, 3.05) is 6.61 Å². The molecule has 25 heavy (non-hydrogen) atoms. The number of benzene rings is 2. The second kappa shape index (κ2) is 5.60. The van der Waals surface area contributed by atoms with Gasteiger partial charge < -0.3 is 29.9 Å². The van der Waals surface area contributed by atoms with Gasteiger partial charge >= 0.3 is 0 Å². The molecule has 0 fully saturated rings. The Morgan fingerprint density at radius 2 is 1.84 bits per heavy atom. The lowest BCUT2D eigenvalue weighted by atomic mass is 9.88. The maximum Gasteiger partial charge on any atom is 0.161 e. The molecule has 1 atom stereocenters. The summed E-state index contributed by atoms with van der Waals surface area (Å²) in [4.78, 5) is 0. The van der Waals surface area contributed by atoms with Gasteiger partial charge in [-0.05, 0) is 24.6 Å². The molecule has 0 aromatic heterocycles. The fourth-order valence-electron chi connectivity index (χ4n) is 3.38. The number of aliphatic hydroxyl groups excluding tert-OH is 1. The van der Waals surface area contributed by atoms with E-state index < -0.39 is 6.10 Å². The van der Waals surface area contributed by atoms with Crippen LogP contribution in [0.25, 0.3) is 5.57 Å². The van der Waals surface area contributed by atoms with Crippen molar-refractivity contribution in [2.24, 2.45) is 0 Å². The Morgan fingerprint density at radius 1 is 1.08 bits per heavy atom. The van der Waals surface area contributed by atoms with Gasteiger partial charge in [0.05, 0.1) is 0 Å². The maximum atomic E-state index is 10.9. The smallest absolute Gasteiger partial charge is 0.161 e. The molecule has 6 nitrogen and oxygen atoms in total. The highest BCUT2D eigenvalue weighted by Crippen LogP contribution is 2.51. The zero-order chi connectivity index (χ0) is 17.7. The second-order valence-electron chi connectivity index (χ2n) is 6.20. The fourth-order valence-corrected chi connectivity index (χ4v) is 3.38. The molecule has 6 heteroatoms. The lowest BCUT2D eigenvalue weighted by Crippen LogP contribution is -2.24. The molecule has 1 unspecified atom stereocenters. The Bertz CT molecular complexity index is 899. The zero-order valence-corrected chi connectivity index (χ0v) is 13.6. The quantitative estimate of drug-likeness (QED) is 0.626. The third-order valence-electron chi connectivity index (χ3n) is 4.59. The first-order chi connectivity index (χ1) is 12.0. The number of ether oxygens (including phenoxy) is 2. The minimum Gasteiger partial charge on any atom is -0.508 e. The third-order valence-corrected chi connectivity index (χ3v) is 4.59. The molecule has 130 valence electrons. The number of aliphatic hydroxyl groups is 1. The standard InChI is InChI=1S/C19H18O6/c1-2-3-9-12(20)5-4-10-18(23)17-11-6-13(21)14(22)7-15(11)24-8-16(17)25-19(9)10/h4-7,18,20-23H,2-3,8H2,1H3. The Balaban J connectivity index is 1.88. The van der Waals surface area contributed by atoms with Crippen LogP contribution in [0.4, 0.5) is 0 Å². The summed E-state index contributed by atoms with van der Waals surface area (Å²) in [5.41, 5.74) is 2.18. The lowest BCUT2D eigenvalue weighted by molar-refractivity contribution is 0.196. The van der Waals surface area contributed by atoms with Crippen LogP contribution in [0.2, 0.25) is 0 Å². The minimum atomic E-state index is -0.985. The van der Waals surface area contributed by atoms with Gasteiger partial charge in [-0.1, -0.05) is 13.3 Å². The van der Waals surface area contributed by atoms with E-state index in [-0.39, 0.29) is 23.9 Å². The molecule has 2 aromatic carbocycles. The first kappa shape index (κ1) is 15.7. The number of fused-ring (bicyclic) bond motifs is 3. The van der Waals surface area contributed by atoms with E-state index in [1.165, 1.54) is 12.1 Å². The lowest BCUT2D eigenvalue weighted by Gasteiger charge is -2.33. The van der Waals surface area contributed by atoms with Crippen molar-refractivity contribution in [1.82, 2.24) is 0 Å². The Labute approximate surface area is 144 Å². The fraction of sp³-hybridized carbons (Fsp3) is 0.263. The molecule has 0 amide bonds. The van der Waals surface area contributed by atoms with Crippen molar-refractivity contribution in [3.05, 3.63) is 46.7 Å². The Morgan fingerprint density at radius 3 is 2.60 bits per heavy atom. The molecule has 0 bridgehead atoms. The van der Waals surface area contributed by atoms with Gasteiger partial charge in [-0.25, -0.2) is 0 Å². The summed E-state index contributed by atoms with van der Waals surface area (Å²) >= 11 is 0. The highest BCUT2D eigenvalue weighted by molar-refractivity contribution is 5.82. The third kappa shape index (κ3) is 2.29. The molecule has 2 aliphatic heterocycles. The monoisotopic (exact) mass is 342 g/mol. The molecule has 0 saturated heterocycles. The van der Waals surface area contributed by atoms with Crippen molar-refractivity contribution in [2.45, 2.75) is 25.9 Å². The molecule has 0 saturated carbocycles. The first-order valence-electron chi connectivity index (χ1n) is 8.14. The summed E-state index contributed by atoms with van der Waals surface area (Å²) < 4.78 is 11.6. The van der Waals surface area contributed by atoms with E-state index in [9.17, 15) is 20.4 Å². The predicted octanol–water partition coefficient (Wildman–Crippen LogP) is 2.99. The van der Waals surface area contributed by atoms with Gasteiger partial charge in [0.15, 0.2) is 11.5 Å². The van der Waals surface area contributed by atoms with Crippen LogP contribution in [0, 0.1) is 0 Å². The molecule has 0 spiro atoms. The van der Waals surface area contributed by atoms with Crippen LogP contribution in [0.1, 0.15) is 36.1 Å². The number of hydrogen-bond acceptors (Lipinski definition) is 6. The molecular formula is C19H18O6. The zero-order valence-electron chi connectivity index (χ0n) is 13.6. The minimum absolute atomic E-state index is 0.0876. The van der Waals surface area contributed by atoms with Gasteiger partial charge in [0.2, 0.25) is 0 Å². The van der Waals surface area contributed by atoms with E-state index in [0.717, 1.165) is 6.42 Å². The van der Waals surface area contributed by atoms with Gasteiger partial charge in [0, 0.05) is 28.3 Å². The topological polar surface area (TPSA) is 99.4 Å². The van der Waals surface area contributed by atoms with E-state index in [4.69, 9.17) is 9.47 Å². The second-order valence-corrected chi connectivity index (χ2v) is 6.20. The Hall–Kier alpha value is -2.86. The molecule has 2 aliphatic rings. The van der Waals surface area contributed by atoms with E-state index >= 15 is 0 Å². The maximum absolute atomic E-state index is 10.9. The van der Waals surface area contributed by atoms with Gasteiger partial charge in [-0.15, -0.1) is 0 Å². The average Bonchev–Trinajstić information content (AvgIpc) is 2.58. The molecule has 2 aromatic rings. The van der Waals surface area contributed by atoms with E-state index in [2.05, 4.69) is 0 Å². The number of aromatic hydroxyl groups is 3. The Kier molecular flexibility index (Phi) is 3.51. The number of phenols is 3. The van der Waals surface area contributed by atoms with Crippen molar-refractivity contribution in [1.29, 1.82) is 0 Å². The van der Waals surface area contributed by atoms with Crippen LogP contribution in [-0.2, 0) is 6.42 Å². The summed E-state index contributed by atoms with van der Waals surface area (Å²) in [5, 5.41) is 40.5. The van der Waals surface area contributed by atoms with Crippen molar-refractivity contribution in [3.63, 3.8) is 0 Å². The van der Waals surface area contributed by atoms with Crippen molar-refractivity contribution in [3.8, 4) is 28.7 Å². The van der Waals surface area contributed by atoms with Gasteiger partial charge in [0.1, 0.15) is 35.7 Å². The van der Waals surface area contributed by atoms with Crippen LogP contribution in [0.15, 0.2) is 30.0 Å². The van der Waals surface area contributed by atoms with Crippen LogP contribution in [0.3, 0.4) is 0 Å². The van der Waals surface area contributed by atoms with E-state index in [1.807, 2.05) is 6.92 Å². The van der Waals surface area contributed by atoms with Crippen LogP contribution in [0.5, 0.6) is 28.7 Å². The van der Waals surface area contributed by atoms with Crippen molar-refractivity contribution < 1.29 is 29.9 Å². The summed E-state index contributed by atoms with van der Waals surface area (Å²) in [6, 6.07) is 5.85. The van der Waals surface area contributed by atoms with Gasteiger partial charge in [-0.3, -0.25) is 0 Å². The largest absolute Gasteiger partial charge is 0.508 e. The van der Waals surface area contributed by atoms with Gasteiger partial charge in [-0.2, -0.15) is 0 Å².